The van der Waals surface area contributed by atoms with Crippen LogP contribution in [0.1, 0.15) is 44.4 Å². The number of aromatic amines is 1. The minimum absolute atomic E-state index is 0.0366. The highest BCUT2D eigenvalue weighted by Gasteiger charge is 2.06. The maximum absolute atomic E-state index is 12.2. The summed E-state index contributed by atoms with van der Waals surface area (Å²) < 4.78 is 0. The van der Waals surface area contributed by atoms with E-state index in [0.29, 0.717) is 0 Å². The van der Waals surface area contributed by atoms with Crippen LogP contribution in [0.25, 0.3) is 10.8 Å². The average Bonchev–Trinajstić information content (AvgIpc) is 2.52. The summed E-state index contributed by atoms with van der Waals surface area (Å²) >= 11 is 0. The molecule has 2 rings (SSSR count). The first-order chi connectivity index (χ1) is 10.7. The van der Waals surface area contributed by atoms with Crippen LogP contribution in [0.5, 0.6) is 0 Å². The van der Waals surface area contributed by atoms with E-state index in [-0.39, 0.29) is 5.56 Å². The molecule has 0 aliphatic heterocycles. The number of benzene rings is 1. The Morgan fingerprint density at radius 2 is 1.86 bits per heavy atom. The summed E-state index contributed by atoms with van der Waals surface area (Å²) in [6.45, 7) is 9.90. The molecule has 0 amide bonds. The molecule has 1 N–H and O–H groups in total. The summed E-state index contributed by atoms with van der Waals surface area (Å²) in [5.41, 5.74) is 2.26. The van der Waals surface area contributed by atoms with Gasteiger partial charge in [-0.15, -0.1) is 0 Å². The van der Waals surface area contributed by atoms with Gasteiger partial charge in [0.05, 0.1) is 0 Å². The Labute approximate surface area is 133 Å². The van der Waals surface area contributed by atoms with Crippen molar-refractivity contribution in [1.82, 2.24) is 9.88 Å². The second kappa shape index (κ2) is 8.14. The molecule has 1 aromatic carbocycles. The van der Waals surface area contributed by atoms with Crippen molar-refractivity contribution in [3.8, 4) is 0 Å². The normalized spacial score (nSPS) is 11.5. The monoisotopic (exact) mass is 300 g/mol. The molecule has 0 atom stereocenters. The third-order valence-corrected chi connectivity index (χ3v) is 4.36. The second-order valence-corrected chi connectivity index (χ2v) is 6.05. The van der Waals surface area contributed by atoms with E-state index in [0.717, 1.165) is 42.4 Å². The lowest BCUT2D eigenvalue weighted by Crippen LogP contribution is -2.26. The molecule has 120 valence electrons. The molecule has 22 heavy (non-hydrogen) atoms. The van der Waals surface area contributed by atoms with Crippen molar-refractivity contribution in [2.75, 3.05) is 19.6 Å². The first-order valence-electron chi connectivity index (χ1n) is 8.49. The van der Waals surface area contributed by atoms with Crippen LogP contribution in [0.15, 0.2) is 29.1 Å². The van der Waals surface area contributed by atoms with Crippen LogP contribution < -0.4 is 5.56 Å². The number of nitrogens with zero attached hydrogens (tertiary/aromatic N) is 1. The molecule has 3 nitrogen and oxygen atoms in total. The summed E-state index contributed by atoms with van der Waals surface area (Å²) in [6.07, 6.45) is 4.53. The minimum atomic E-state index is 0.0366. The molecular formula is C19H28N2O. The van der Waals surface area contributed by atoms with Gasteiger partial charge in [-0.05, 0) is 68.9 Å². The summed E-state index contributed by atoms with van der Waals surface area (Å²) in [5, 5.41) is 1.88. The Kier molecular flexibility index (Phi) is 6.20. The number of rotatable bonds is 8. The molecule has 0 saturated heterocycles. The Morgan fingerprint density at radius 3 is 2.59 bits per heavy atom. The van der Waals surface area contributed by atoms with Crippen molar-refractivity contribution in [1.29, 1.82) is 0 Å². The number of nitrogens with one attached hydrogen (secondary N) is 1. The van der Waals surface area contributed by atoms with Crippen LogP contribution in [-0.4, -0.2) is 29.5 Å². The summed E-state index contributed by atoms with van der Waals surface area (Å²) in [7, 11) is 0. The van der Waals surface area contributed by atoms with Crippen LogP contribution >= 0.6 is 0 Å². The molecule has 1 aromatic heterocycles. The Morgan fingerprint density at radius 1 is 1.09 bits per heavy atom. The zero-order valence-electron chi connectivity index (χ0n) is 14.1. The average molecular weight is 300 g/mol. The van der Waals surface area contributed by atoms with E-state index < -0.39 is 0 Å². The second-order valence-electron chi connectivity index (χ2n) is 6.05. The minimum Gasteiger partial charge on any atom is -0.326 e. The van der Waals surface area contributed by atoms with Gasteiger partial charge in [-0.1, -0.05) is 32.4 Å². The zero-order chi connectivity index (χ0) is 15.9. The van der Waals surface area contributed by atoms with E-state index in [1.54, 1.807) is 0 Å². The smallest absolute Gasteiger partial charge is 0.256 e. The number of hydrogen-bond donors (Lipinski definition) is 1. The third kappa shape index (κ3) is 4.20. The largest absolute Gasteiger partial charge is 0.326 e. The highest BCUT2D eigenvalue weighted by molar-refractivity contribution is 5.84. The zero-order valence-corrected chi connectivity index (χ0v) is 14.1. The standard InChI is InChI=1S/C19H28N2O/c1-4-6-12-21(5-2)13-8-10-16-14-18-15(3)9-7-11-17(18)19(22)20-16/h7,9,11,14H,4-6,8,10,12-13H2,1-3H3,(H,20,22). The molecule has 3 heteroatoms. The number of pyridine rings is 1. The van der Waals surface area contributed by atoms with Crippen molar-refractivity contribution in [2.24, 2.45) is 0 Å². The molecule has 1 heterocycles. The quantitative estimate of drug-likeness (QED) is 0.803. The van der Waals surface area contributed by atoms with Crippen molar-refractivity contribution in [3.63, 3.8) is 0 Å². The number of hydrogen-bond acceptors (Lipinski definition) is 2. The number of aromatic nitrogens is 1. The van der Waals surface area contributed by atoms with E-state index in [2.05, 4.69) is 42.8 Å². The molecule has 0 aliphatic carbocycles. The molecule has 2 aromatic rings. The topological polar surface area (TPSA) is 36.1 Å². The predicted octanol–water partition coefficient (Wildman–Crippen LogP) is 3.89. The first-order valence-corrected chi connectivity index (χ1v) is 8.49. The van der Waals surface area contributed by atoms with Gasteiger partial charge in [0.2, 0.25) is 0 Å². The van der Waals surface area contributed by atoms with Crippen LogP contribution in [0, 0.1) is 6.92 Å². The van der Waals surface area contributed by atoms with Gasteiger partial charge in [0.1, 0.15) is 0 Å². The van der Waals surface area contributed by atoms with Crippen LogP contribution in [-0.2, 0) is 6.42 Å². The van der Waals surface area contributed by atoms with Gasteiger partial charge in [0.15, 0.2) is 0 Å². The Balaban J connectivity index is 2.03. The van der Waals surface area contributed by atoms with Gasteiger partial charge >= 0.3 is 0 Å². The molecular weight excluding hydrogens is 272 g/mol. The number of fused-ring (bicyclic) bond motifs is 1. The summed E-state index contributed by atoms with van der Waals surface area (Å²) in [6, 6.07) is 8.05. The van der Waals surface area contributed by atoms with Crippen LogP contribution in [0.3, 0.4) is 0 Å². The van der Waals surface area contributed by atoms with E-state index in [9.17, 15) is 4.79 Å². The molecule has 0 saturated carbocycles. The van der Waals surface area contributed by atoms with Gasteiger partial charge in [0, 0.05) is 11.1 Å². The van der Waals surface area contributed by atoms with Crippen molar-refractivity contribution < 1.29 is 0 Å². The van der Waals surface area contributed by atoms with E-state index in [1.165, 1.54) is 24.9 Å². The number of unbranched alkanes of at least 4 members (excludes halogenated alkanes) is 1. The van der Waals surface area contributed by atoms with E-state index >= 15 is 0 Å². The summed E-state index contributed by atoms with van der Waals surface area (Å²) in [5.74, 6) is 0. The van der Waals surface area contributed by atoms with Crippen LogP contribution in [0.2, 0.25) is 0 Å². The first kappa shape index (κ1) is 16.8. The Bertz CT molecular complexity index is 660. The highest BCUT2D eigenvalue weighted by atomic mass is 16.1. The van der Waals surface area contributed by atoms with Gasteiger partial charge < -0.3 is 9.88 Å². The van der Waals surface area contributed by atoms with Crippen molar-refractivity contribution in [2.45, 2.75) is 46.5 Å². The van der Waals surface area contributed by atoms with E-state index in [4.69, 9.17) is 0 Å². The van der Waals surface area contributed by atoms with Crippen LogP contribution in [0.4, 0.5) is 0 Å². The van der Waals surface area contributed by atoms with Gasteiger partial charge in [-0.3, -0.25) is 4.79 Å². The fourth-order valence-electron chi connectivity index (χ4n) is 2.93. The lowest BCUT2D eigenvalue weighted by Gasteiger charge is -2.19. The highest BCUT2D eigenvalue weighted by Crippen LogP contribution is 2.16. The van der Waals surface area contributed by atoms with Crippen molar-refractivity contribution in [3.05, 3.63) is 45.9 Å². The molecule has 0 radical (unpaired) electrons. The predicted molar refractivity (Wildman–Crippen MR) is 94.6 cm³/mol. The van der Waals surface area contributed by atoms with Gasteiger partial charge in [-0.25, -0.2) is 0 Å². The maximum Gasteiger partial charge on any atom is 0.256 e. The number of aryl methyl sites for hydroxylation is 2. The fourth-order valence-corrected chi connectivity index (χ4v) is 2.93. The summed E-state index contributed by atoms with van der Waals surface area (Å²) in [4.78, 5) is 17.7. The molecule has 0 fully saturated rings. The lowest BCUT2D eigenvalue weighted by molar-refractivity contribution is 0.280. The maximum atomic E-state index is 12.2. The van der Waals surface area contributed by atoms with Gasteiger partial charge in [-0.2, -0.15) is 0 Å². The molecule has 0 aliphatic rings. The van der Waals surface area contributed by atoms with E-state index in [1.807, 2.05) is 12.1 Å². The lowest BCUT2D eigenvalue weighted by atomic mass is 10.1. The fraction of sp³-hybridized carbons (Fsp3) is 0.526. The molecule has 0 bridgehead atoms. The number of H-pyrrole nitrogens is 1. The SMILES string of the molecule is CCCCN(CC)CCCc1cc2c(C)cccc2c(=O)[nH]1. The third-order valence-electron chi connectivity index (χ3n) is 4.36. The molecule has 0 unspecified atom stereocenters. The van der Waals surface area contributed by atoms with Gasteiger partial charge in [0.25, 0.3) is 5.56 Å². The Hall–Kier alpha value is -1.61. The van der Waals surface area contributed by atoms with Crippen molar-refractivity contribution >= 4 is 10.8 Å². The molecule has 0 spiro atoms.